The highest BCUT2D eigenvalue weighted by Gasteiger charge is 2.33. The first kappa shape index (κ1) is 21.1. The number of halogens is 1. The second-order valence-corrected chi connectivity index (χ2v) is 10.0. The van der Waals surface area contributed by atoms with Crippen LogP contribution in [0, 0.1) is 5.82 Å². The molecular weight excluding hydrogens is 433 g/mol. The van der Waals surface area contributed by atoms with Gasteiger partial charge in [0.1, 0.15) is 11.4 Å². The van der Waals surface area contributed by atoms with Gasteiger partial charge in [0, 0.05) is 41.5 Å². The van der Waals surface area contributed by atoms with Crippen molar-refractivity contribution in [1.29, 1.82) is 0 Å². The molecule has 2 aromatic carbocycles. The number of para-hydroxylation sites is 1. The minimum atomic E-state index is -3.73. The van der Waals surface area contributed by atoms with Crippen LogP contribution in [0.25, 0.3) is 21.9 Å². The summed E-state index contributed by atoms with van der Waals surface area (Å²) in [5, 5.41) is 5.61. The predicted molar refractivity (Wildman–Crippen MR) is 118 cm³/mol. The summed E-state index contributed by atoms with van der Waals surface area (Å²) in [6, 6.07) is 13.3. The molecule has 0 radical (unpaired) electrons. The molecule has 1 N–H and O–H groups in total. The van der Waals surface area contributed by atoms with Gasteiger partial charge in [0.25, 0.3) is 10.0 Å². The molecule has 1 aliphatic rings. The van der Waals surface area contributed by atoms with Gasteiger partial charge < -0.3 is 8.94 Å². The summed E-state index contributed by atoms with van der Waals surface area (Å²) in [6.07, 6.45) is 2.27. The zero-order valence-corrected chi connectivity index (χ0v) is 18.4. The van der Waals surface area contributed by atoms with E-state index < -0.39 is 10.0 Å². The molecular formula is C23H24FN3O4S. The monoisotopic (exact) mass is 457 g/mol. The number of hydrogen-bond donors (Lipinski definition) is 1. The third-order valence-electron chi connectivity index (χ3n) is 6.06. The Bertz CT molecular complexity index is 1330. The summed E-state index contributed by atoms with van der Waals surface area (Å²) >= 11 is 0. The fourth-order valence-corrected chi connectivity index (χ4v) is 5.66. The lowest BCUT2D eigenvalue weighted by Gasteiger charge is -2.20. The molecule has 3 heterocycles. The summed E-state index contributed by atoms with van der Waals surface area (Å²) in [7, 11) is -3.73. The Morgan fingerprint density at radius 1 is 1.19 bits per heavy atom. The number of benzene rings is 2. The van der Waals surface area contributed by atoms with E-state index in [4.69, 9.17) is 8.94 Å². The molecule has 0 bridgehead atoms. The number of nitrogens with zero attached hydrogens (tertiary/aromatic N) is 2. The van der Waals surface area contributed by atoms with Gasteiger partial charge in [0.15, 0.2) is 5.58 Å². The van der Waals surface area contributed by atoms with Gasteiger partial charge in [-0.2, -0.15) is 0 Å². The summed E-state index contributed by atoms with van der Waals surface area (Å²) in [5.74, 6) is -0.345. The largest absolute Gasteiger partial charge is 0.443 e. The van der Waals surface area contributed by atoms with E-state index in [9.17, 15) is 12.8 Å². The van der Waals surface area contributed by atoms with E-state index in [1.165, 1.54) is 12.1 Å². The fourth-order valence-electron chi connectivity index (χ4n) is 4.46. The van der Waals surface area contributed by atoms with Crippen LogP contribution in [-0.2, 0) is 16.4 Å². The molecule has 2 aromatic heterocycles. The van der Waals surface area contributed by atoms with E-state index >= 15 is 0 Å². The Labute approximate surface area is 185 Å². The number of aryl methyl sites for hydroxylation is 1. The average Bonchev–Trinajstić information content (AvgIpc) is 3.45. The van der Waals surface area contributed by atoms with E-state index in [1.807, 2.05) is 18.2 Å². The van der Waals surface area contributed by atoms with Crippen LogP contribution in [0.2, 0.25) is 0 Å². The van der Waals surface area contributed by atoms with E-state index in [0.717, 1.165) is 35.9 Å². The Morgan fingerprint density at radius 3 is 2.88 bits per heavy atom. The van der Waals surface area contributed by atoms with Crippen molar-refractivity contribution in [3.05, 3.63) is 60.0 Å². The van der Waals surface area contributed by atoms with E-state index in [2.05, 4.69) is 21.7 Å². The molecule has 32 heavy (non-hydrogen) atoms. The Hall–Kier alpha value is -2.75. The van der Waals surface area contributed by atoms with Crippen LogP contribution in [0.3, 0.4) is 0 Å². The van der Waals surface area contributed by atoms with Crippen LogP contribution in [0.5, 0.6) is 0 Å². The molecule has 7 nitrogen and oxygen atoms in total. The van der Waals surface area contributed by atoms with Gasteiger partial charge in [-0.3, -0.25) is 4.90 Å². The first-order valence-electron chi connectivity index (χ1n) is 10.7. The second kappa shape index (κ2) is 8.31. The van der Waals surface area contributed by atoms with Gasteiger partial charge in [-0.15, -0.1) is 0 Å². The lowest BCUT2D eigenvalue weighted by atomic mass is 10.1. The molecule has 0 saturated carbocycles. The highest BCUT2D eigenvalue weighted by molar-refractivity contribution is 7.89. The van der Waals surface area contributed by atoms with Crippen molar-refractivity contribution < 1.29 is 21.7 Å². The van der Waals surface area contributed by atoms with Crippen molar-refractivity contribution in [2.75, 3.05) is 13.1 Å². The van der Waals surface area contributed by atoms with Gasteiger partial charge >= 0.3 is 0 Å². The number of nitrogens with one attached hydrogen (secondary N) is 1. The van der Waals surface area contributed by atoms with Gasteiger partial charge in [-0.1, -0.05) is 23.4 Å². The number of hydrogen-bond acceptors (Lipinski definition) is 6. The van der Waals surface area contributed by atoms with E-state index in [0.29, 0.717) is 24.1 Å². The molecule has 0 unspecified atom stereocenters. The molecule has 0 spiro atoms. The van der Waals surface area contributed by atoms with Crippen molar-refractivity contribution >= 4 is 32.0 Å². The van der Waals surface area contributed by atoms with Crippen molar-refractivity contribution in [2.24, 2.45) is 0 Å². The molecule has 0 amide bonds. The maximum atomic E-state index is 13.3. The smallest absolute Gasteiger partial charge is 0.274 e. The van der Waals surface area contributed by atoms with Crippen LogP contribution in [-0.4, -0.2) is 43.6 Å². The Morgan fingerprint density at radius 2 is 2.03 bits per heavy atom. The molecule has 5 rings (SSSR count). The molecule has 1 saturated heterocycles. The Balaban J connectivity index is 1.19. The number of rotatable bonds is 7. The fraction of sp³-hybridized carbons (Fsp3) is 0.348. The van der Waals surface area contributed by atoms with Gasteiger partial charge in [0.05, 0.1) is 5.69 Å². The van der Waals surface area contributed by atoms with Crippen LogP contribution < -0.4 is 4.72 Å². The summed E-state index contributed by atoms with van der Waals surface area (Å²) in [4.78, 5) is 2.27. The number of fused-ring (bicyclic) bond motifs is 2. The highest BCUT2D eigenvalue weighted by atomic mass is 32.2. The molecule has 4 aromatic rings. The molecule has 1 fully saturated rings. The Kier molecular flexibility index (Phi) is 5.48. The zero-order chi connectivity index (χ0) is 22.3. The van der Waals surface area contributed by atoms with E-state index in [1.54, 1.807) is 18.2 Å². The van der Waals surface area contributed by atoms with E-state index in [-0.39, 0.29) is 23.0 Å². The standard InChI is InChI=1S/C23H24FN3O4S/c1-15-11-18(26-32(28,29)23-12-16-5-2-3-7-21(16)30-23)14-27(15)10-4-6-20-19-9-8-17(24)13-22(19)31-25-20/h2-3,5,7-9,12-13,15,18,26H,4,6,10-11,14H2,1H3/t15-,18-/m0/s1. The highest BCUT2D eigenvalue weighted by Crippen LogP contribution is 2.25. The average molecular weight is 458 g/mol. The number of aromatic nitrogens is 1. The molecule has 168 valence electrons. The second-order valence-electron chi connectivity index (χ2n) is 8.37. The number of furan rings is 1. The maximum Gasteiger partial charge on any atom is 0.274 e. The quantitative estimate of drug-likeness (QED) is 0.450. The molecule has 9 heteroatoms. The number of likely N-dealkylation sites (tertiary alicyclic amines) is 1. The summed E-state index contributed by atoms with van der Waals surface area (Å²) in [6.45, 7) is 3.54. The molecule has 1 aliphatic heterocycles. The lowest BCUT2D eigenvalue weighted by Crippen LogP contribution is -2.37. The molecule has 0 aliphatic carbocycles. The zero-order valence-electron chi connectivity index (χ0n) is 17.6. The van der Waals surface area contributed by atoms with Gasteiger partial charge in [-0.25, -0.2) is 17.5 Å². The predicted octanol–water partition coefficient (Wildman–Crippen LogP) is 4.09. The minimum Gasteiger partial charge on any atom is -0.443 e. The molecule has 2 atom stereocenters. The normalized spacial score (nSPS) is 19.9. The number of sulfonamides is 1. The van der Waals surface area contributed by atoms with Crippen molar-refractivity contribution in [3.63, 3.8) is 0 Å². The maximum absolute atomic E-state index is 13.3. The summed E-state index contributed by atoms with van der Waals surface area (Å²) < 4.78 is 52.5. The first-order valence-corrected chi connectivity index (χ1v) is 12.2. The summed E-state index contributed by atoms with van der Waals surface area (Å²) in [5.41, 5.74) is 1.82. The lowest BCUT2D eigenvalue weighted by molar-refractivity contribution is 0.263. The van der Waals surface area contributed by atoms with Crippen LogP contribution >= 0.6 is 0 Å². The van der Waals surface area contributed by atoms with Crippen LogP contribution in [0.1, 0.15) is 25.5 Å². The third-order valence-corrected chi connectivity index (χ3v) is 7.44. The first-order chi connectivity index (χ1) is 15.4. The topological polar surface area (TPSA) is 88.6 Å². The SMILES string of the molecule is C[C@H]1C[C@H](NS(=O)(=O)c2cc3ccccc3o2)CN1CCCc1noc2cc(F)ccc12. The van der Waals surface area contributed by atoms with Crippen molar-refractivity contribution in [3.8, 4) is 0 Å². The van der Waals surface area contributed by atoms with Gasteiger partial charge in [0.2, 0.25) is 5.09 Å². The van der Waals surface area contributed by atoms with Crippen molar-refractivity contribution in [1.82, 2.24) is 14.8 Å². The third kappa shape index (κ3) is 4.15. The van der Waals surface area contributed by atoms with Gasteiger partial charge in [-0.05, 0) is 50.9 Å². The van der Waals surface area contributed by atoms with Crippen LogP contribution in [0.15, 0.2) is 62.6 Å². The van der Waals surface area contributed by atoms with Crippen molar-refractivity contribution in [2.45, 2.75) is 43.4 Å². The minimum absolute atomic E-state index is 0.0563. The van der Waals surface area contributed by atoms with Crippen LogP contribution in [0.4, 0.5) is 4.39 Å².